The second-order valence-electron chi connectivity index (χ2n) is 7.20. The fourth-order valence-electron chi connectivity index (χ4n) is 2.95. The van der Waals surface area contributed by atoms with Gasteiger partial charge >= 0.3 is 5.97 Å². The zero-order valence-electron chi connectivity index (χ0n) is 16.1. The van der Waals surface area contributed by atoms with Crippen LogP contribution in [0.5, 0.6) is 0 Å². The van der Waals surface area contributed by atoms with E-state index in [1.54, 1.807) is 0 Å². The fourth-order valence-corrected chi connectivity index (χ4v) is 2.95. The maximum Gasteiger partial charge on any atom is 0.338 e. The SMILES string of the molecule is CC(C)CCN1C(=O)c2ccc(C(=O)OCc3ccc([N+](=O)[O-])cc3)cc2C1=O. The monoisotopic (exact) mass is 396 g/mol. The van der Waals surface area contributed by atoms with Gasteiger partial charge in [0.25, 0.3) is 17.5 Å². The Kier molecular flexibility index (Phi) is 5.72. The van der Waals surface area contributed by atoms with Gasteiger partial charge in [0.15, 0.2) is 0 Å². The van der Waals surface area contributed by atoms with E-state index in [4.69, 9.17) is 4.74 Å². The van der Waals surface area contributed by atoms with E-state index < -0.39 is 16.8 Å². The van der Waals surface area contributed by atoms with Crippen molar-refractivity contribution in [3.8, 4) is 0 Å². The van der Waals surface area contributed by atoms with Gasteiger partial charge in [-0.1, -0.05) is 13.8 Å². The molecule has 2 amide bonds. The standard InChI is InChI=1S/C21H20N2O6/c1-13(2)9-10-22-19(24)17-8-5-15(11-18(17)20(22)25)21(26)29-12-14-3-6-16(7-4-14)23(27)28/h3-8,11,13H,9-10,12H2,1-2H3. The Hall–Kier alpha value is -3.55. The van der Waals surface area contributed by atoms with Crippen molar-refractivity contribution in [1.82, 2.24) is 4.90 Å². The lowest BCUT2D eigenvalue weighted by molar-refractivity contribution is -0.384. The molecule has 0 saturated carbocycles. The van der Waals surface area contributed by atoms with E-state index in [1.807, 2.05) is 13.8 Å². The number of esters is 1. The summed E-state index contributed by atoms with van der Waals surface area (Å²) in [5, 5.41) is 10.7. The average Bonchev–Trinajstić information content (AvgIpc) is 2.94. The molecule has 0 saturated heterocycles. The molecule has 2 aromatic carbocycles. The minimum Gasteiger partial charge on any atom is -0.457 e. The number of benzene rings is 2. The Bertz CT molecular complexity index is 981. The summed E-state index contributed by atoms with van der Waals surface area (Å²) in [7, 11) is 0. The molecule has 0 unspecified atom stereocenters. The number of fused-ring (bicyclic) bond motifs is 1. The summed E-state index contributed by atoms with van der Waals surface area (Å²) in [5.74, 6) is -1.05. The van der Waals surface area contributed by atoms with E-state index >= 15 is 0 Å². The summed E-state index contributed by atoms with van der Waals surface area (Å²) in [5.41, 5.74) is 1.19. The Morgan fingerprint density at radius 3 is 2.34 bits per heavy atom. The number of carbonyl (C=O) groups is 3. The van der Waals surface area contributed by atoms with Crippen molar-refractivity contribution in [3.05, 3.63) is 74.8 Å². The molecule has 8 nitrogen and oxygen atoms in total. The number of nitro groups is 1. The Labute approximate surface area is 167 Å². The summed E-state index contributed by atoms with van der Waals surface area (Å²) in [6.45, 7) is 4.29. The number of amides is 2. The maximum atomic E-state index is 12.6. The Balaban J connectivity index is 1.68. The van der Waals surface area contributed by atoms with Crippen molar-refractivity contribution in [1.29, 1.82) is 0 Å². The molecule has 0 bridgehead atoms. The molecule has 150 valence electrons. The third-order valence-corrected chi connectivity index (χ3v) is 4.65. The van der Waals surface area contributed by atoms with E-state index in [0.29, 0.717) is 24.4 Å². The van der Waals surface area contributed by atoms with Crippen molar-refractivity contribution in [2.24, 2.45) is 5.92 Å². The van der Waals surface area contributed by atoms with E-state index in [1.165, 1.54) is 47.4 Å². The first-order valence-electron chi connectivity index (χ1n) is 9.18. The van der Waals surface area contributed by atoms with Crippen LogP contribution in [0.15, 0.2) is 42.5 Å². The minimum atomic E-state index is -0.646. The second kappa shape index (κ2) is 8.22. The molecule has 2 aromatic rings. The molecule has 0 atom stereocenters. The highest BCUT2D eigenvalue weighted by molar-refractivity contribution is 6.21. The highest BCUT2D eigenvalue weighted by Gasteiger charge is 2.35. The number of hydrogen-bond donors (Lipinski definition) is 0. The van der Waals surface area contributed by atoms with Crippen LogP contribution < -0.4 is 0 Å². The summed E-state index contributed by atoms with van der Waals surface area (Å²) in [6, 6.07) is 9.96. The van der Waals surface area contributed by atoms with Crippen molar-refractivity contribution >= 4 is 23.5 Å². The first kappa shape index (κ1) is 20.2. The molecule has 0 aromatic heterocycles. The van der Waals surface area contributed by atoms with E-state index in [9.17, 15) is 24.5 Å². The van der Waals surface area contributed by atoms with Gasteiger partial charge in [0.05, 0.1) is 21.6 Å². The van der Waals surface area contributed by atoms with Crippen LogP contribution in [0.25, 0.3) is 0 Å². The van der Waals surface area contributed by atoms with Crippen LogP contribution in [0.1, 0.15) is 56.9 Å². The number of hydrogen-bond acceptors (Lipinski definition) is 6. The number of imide groups is 1. The maximum absolute atomic E-state index is 12.6. The highest BCUT2D eigenvalue weighted by Crippen LogP contribution is 2.25. The molecule has 0 aliphatic carbocycles. The molecule has 0 radical (unpaired) electrons. The third-order valence-electron chi connectivity index (χ3n) is 4.65. The zero-order valence-corrected chi connectivity index (χ0v) is 16.1. The quantitative estimate of drug-likeness (QED) is 0.306. The van der Waals surface area contributed by atoms with Gasteiger partial charge in [-0.25, -0.2) is 4.79 Å². The largest absolute Gasteiger partial charge is 0.457 e. The Morgan fingerprint density at radius 2 is 1.72 bits per heavy atom. The van der Waals surface area contributed by atoms with Crippen LogP contribution in [0.2, 0.25) is 0 Å². The van der Waals surface area contributed by atoms with E-state index in [2.05, 4.69) is 0 Å². The molecule has 3 rings (SSSR count). The summed E-state index contributed by atoms with van der Waals surface area (Å²) in [6.07, 6.45) is 0.704. The number of nitrogens with zero attached hydrogens (tertiary/aromatic N) is 2. The average molecular weight is 396 g/mol. The van der Waals surface area contributed by atoms with Crippen molar-refractivity contribution in [3.63, 3.8) is 0 Å². The van der Waals surface area contributed by atoms with Gasteiger partial charge in [0.2, 0.25) is 0 Å². The lowest BCUT2D eigenvalue weighted by Crippen LogP contribution is -2.31. The van der Waals surface area contributed by atoms with Crippen molar-refractivity contribution < 1.29 is 24.0 Å². The fraction of sp³-hybridized carbons (Fsp3) is 0.286. The molecule has 29 heavy (non-hydrogen) atoms. The van der Waals surface area contributed by atoms with Crippen LogP contribution in [0.4, 0.5) is 5.69 Å². The van der Waals surface area contributed by atoms with Crippen molar-refractivity contribution in [2.45, 2.75) is 26.9 Å². The van der Waals surface area contributed by atoms with E-state index in [-0.39, 0.29) is 34.9 Å². The van der Waals surface area contributed by atoms with Gasteiger partial charge in [0.1, 0.15) is 6.61 Å². The summed E-state index contributed by atoms with van der Waals surface area (Å²) >= 11 is 0. The van der Waals surface area contributed by atoms with E-state index in [0.717, 1.165) is 0 Å². The predicted molar refractivity (Wildman–Crippen MR) is 103 cm³/mol. The number of nitro benzene ring substituents is 1. The number of rotatable bonds is 7. The van der Waals surface area contributed by atoms with Gasteiger partial charge in [-0.3, -0.25) is 24.6 Å². The van der Waals surface area contributed by atoms with Gasteiger partial charge in [-0.2, -0.15) is 0 Å². The first-order chi connectivity index (χ1) is 13.8. The van der Waals surface area contributed by atoms with Crippen LogP contribution in [0.3, 0.4) is 0 Å². The van der Waals surface area contributed by atoms with Crippen LogP contribution in [-0.2, 0) is 11.3 Å². The molecule has 0 fully saturated rings. The smallest absolute Gasteiger partial charge is 0.338 e. The van der Waals surface area contributed by atoms with Gasteiger partial charge < -0.3 is 4.74 Å². The third kappa shape index (κ3) is 4.31. The van der Waals surface area contributed by atoms with Gasteiger partial charge in [-0.05, 0) is 48.2 Å². The summed E-state index contributed by atoms with van der Waals surface area (Å²) in [4.78, 5) is 48.7. The molecule has 0 spiro atoms. The minimum absolute atomic E-state index is 0.0519. The predicted octanol–water partition coefficient (Wildman–Crippen LogP) is 3.59. The lowest BCUT2D eigenvalue weighted by Gasteiger charge is -2.14. The highest BCUT2D eigenvalue weighted by atomic mass is 16.6. The van der Waals surface area contributed by atoms with Gasteiger partial charge in [0, 0.05) is 18.7 Å². The molecule has 1 aliphatic heterocycles. The molecular weight excluding hydrogens is 376 g/mol. The van der Waals surface area contributed by atoms with Crippen LogP contribution in [-0.4, -0.2) is 34.2 Å². The second-order valence-corrected chi connectivity index (χ2v) is 7.20. The first-order valence-corrected chi connectivity index (χ1v) is 9.18. The lowest BCUT2D eigenvalue weighted by atomic mass is 10.1. The van der Waals surface area contributed by atoms with Crippen molar-refractivity contribution in [2.75, 3.05) is 6.54 Å². The normalized spacial score (nSPS) is 13.0. The number of ether oxygens (including phenoxy) is 1. The van der Waals surface area contributed by atoms with Crippen LogP contribution in [0, 0.1) is 16.0 Å². The topological polar surface area (TPSA) is 107 Å². The number of non-ortho nitro benzene ring substituents is 1. The molecule has 0 N–H and O–H groups in total. The molecule has 1 aliphatic rings. The molecule has 8 heteroatoms. The van der Waals surface area contributed by atoms with Gasteiger partial charge in [-0.15, -0.1) is 0 Å². The zero-order chi connectivity index (χ0) is 21.1. The molecule has 1 heterocycles. The molecular formula is C21H20N2O6. The van der Waals surface area contributed by atoms with Crippen LogP contribution >= 0.6 is 0 Å². The number of carbonyl (C=O) groups excluding carboxylic acids is 3. The summed E-state index contributed by atoms with van der Waals surface area (Å²) < 4.78 is 5.22. The Morgan fingerprint density at radius 1 is 1.07 bits per heavy atom.